The van der Waals surface area contributed by atoms with Crippen LogP contribution in [0.1, 0.15) is 140 Å². The minimum absolute atomic E-state index is 0.0292. The van der Waals surface area contributed by atoms with Gasteiger partial charge in [-0.3, -0.25) is 4.79 Å². The first kappa shape index (κ1) is 29.2. The zero-order valence-corrected chi connectivity index (χ0v) is 21.5. The highest BCUT2D eigenvalue weighted by atomic mass is 16.5. The van der Waals surface area contributed by atoms with E-state index in [9.17, 15) is 9.59 Å². The van der Waals surface area contributed by atoms with E-state index in [0.717, 1.165) is 25.7 Å². The van der Waals surface area contributed by atoms with Crippen LogP contribution in [0, 0.1) is 0 Å². The van der Waals surface area contributed by atoms with Crippen molar-refractivity contribution in [3.63, 3.8) is 0 Å². The van der Waals surface area contributed by atoms with Gasteiger partial charge in [-0.2, -0.15) is 0 Å². The molecular formula is C29H49NO3. The van der Waals surface area contributed by atoms with Crippen LogP contribution in [0.3, 0.4) is 0 Å². The number of rotatable bonds is 21. The maximum absolute atomic E-state index is 12.3. The molecule has 188 valence electrons. The van der Waals surface area contributed by atoms with Crippen molar-refractivity contribution in [1.82, 2.24) is 0 Å². The Kier molecular flexibility index (Phi) is 18.4. The van der Waals surface area contributed by atoms with E-state index < -0.39 is 0 Å². The van der Waals surface area contributed by atoms with Crippen molar-refractivity contribution in [3.8, 4) is 0 Å². The molecule has 0 aliphatic heterocycles. The molecule has 0 fully saturated rings. The molecule has 0 aliphatic carbocycles. The minimum Gasteiger partial charge on any atom is -0.462 e. The average Bonchev–Trinajstić information content (AvgIpc) is 2.82. The van der Waals surface area contributed by atoms with E-state index in [2.05, 4.69) is 19.2 Å². The highest BCUT2D eigenvalue weighted by molar-refractivity contribution is 6.01. The van der Waals surface area contributed by atoms with Crippen LogP contribution >= 0.6 is 0 Å². The molecule has 0 spiro atoms. The zero-order valence-electron chi connectivity index (χ0n) is 21.5. The highest BCUT2D eigenvalue weighted by Gasteiger charge is 2.14. The third-order valence-corrected chi connectivity index (χ3v) is 6.16. The first-order chi connectivity index (χ1) is 16.2. The van der Waals surface area contributed by atoms with Crippen molar-refractivity contribution >= 4 is 17.6 Å². The van der Waals surface area contributed by atoms with E-state index in [1.54, 1.807) is 18.2 Å². The van der Waals surface area contributed by atoms with Crippen molar-refractivity contribution in [2.75, 3.05) is 11.9 Å². The molecule has 1 aromatic rings. The van der Waals surface area contributed by atoms with Crippen molar-refractivity contribution in [3.05, 3.63) is 29.8 Å². The molecule has 0 saturated heterocycles. The number of para-hydroxylation sites is 1. The van der Waals surface area contributed by atoms with Gasteiger partial charge in [0.2, 0.25) is 5.91 Å². The summed E-state index contributed by atoms with van der Waals surface area (Å²) in [5, 5.41) is 2.89. The van der Waals surface area contributed by atoms with E-state index in [1.165, 1.54) is 83.5 Å². The molecule has 4 heteroatoms. The summed E-state index contributed by atoms with van der Waals surface area (Å²) in [5.74, 6) is -0.398. The van der Waals surface area contributed by atoms with Gasteiger partial charge in [0.05, 0.1) is 17.9 Å². The lowest BCUT2D eigenvalue weighted by molar-refractivity contribution is -0.116. The predicted molar refractivity (Wildman–Crippen MR) is 140 cm³/mol. The number of anilines is 1. The van der Waals surface area contributed by atoms with E-state index in [-0.39, 0.29) is 11.9 Å². The van der Waals surface area contributed by atoms with Crippen molar-refractivity contribution in [2.24, 2.45) is 0 Å². The maximum atomic E-state index is 12.3. The lowest BCUT2D eigenvalue weighted by Gasteiger charge is -2.11. The van der Waals surface area contributed by atoms with Gasteiger partial charge >= 0.3 is 5.97 Å². The largest absolute Gasteiger partial charge is 0.462 e. The number of carbonyl (C=O) groups is 2. The summed E-state index contributed by atoms with van der Waals surface area (Å²) in [6, 6.07) is 7.09. The first-order valence-electron chi connectivity index (χ1n) is 13.7. The highest BCUT2D eigenvalue weighted by Crippen LogP contribution is 2.18. The van der Waals surface area contributed by atoms with Crippen LogP contribution in [0.25, 0.3) is 0 Å². The minimum atomic E-state index is -0.369. The predicted octanol–water partition coefficient (Wildman–Crippen LogP) is 8.84. The summed E-state index contributed by atoms with van der Waals surface area (Å²) in [4.78, 5) is 24.6. The Bertz CT molecular complexity index is 629. The Labute approximate surface area is 203 Å². The van der Waals surface area contributed by atoms with Gasteiger partial charge in [0, 0.05) is 6.42 Å². The number of hydrogen-bond acceptors (Lipinski definition) is 3. The van der Waals surface area contributed by atoms with Crippen LogP contribution in [0.15, 0.2) is 24.3 Å². The van der Waals surface area contributed by atoms with Crippen LogP contribution in [0.2, 0.25) is 0 Å². The monoisotopic (exact) mass is 459 g/mol. The first-order valence-corrected chi connectivity index (χ1v) is 13.7. The van der Waals surface area contributed by atoms with Crippen LogP contribution in [0.5, 0.6) is 0 Å². The molecule has 0 aliphatic rings. The summed E-state index contributed by atoms with van der Waals surface area (Å²) >= 11 is 0. The molecule has 1 amide bonds. The van der Waals surface area contributed by atoms with Gasteiger partial charge in [-0.25, -0.2) is 4.79 Å². The van der Waals surface area contributed by atoms with E-state index in [0.29, 0.717) is 24.3 Å². The molecule has 4 nitrogen and oxygen atoms in total. The van der Waals surface area contributed by atoms with Gasteiger partial charge in [-0.15, -0.1) is 0 Å². The Balaban J connectivity index is 2.04. The standard InChI is InChI=1S/C29H49NO3/c1-3-5-7-8-9-10-11-12-13-14-15-16-17-18-19-24-28(31)30-27-23-21-20-22-26(27)29(32)33-25-6-4-2/h20-23H,3-19,24-25H2,1-2H3,(H,30,31). The third-order valence-electron chi connectivity index (χ3n) is 6.16. The maximum Gasteiger partial charge on any atom is 0.340 e. The number of benzene rings is 1. The second-order valence-corrected chi connectivity index (χ2v) is 9.28. The second-order valence-electron chi connectivity index (χ2n) is 9.28. The van der Waals surface area contributed by atoms with Crippen molar-refractivity contribution < 1.29 is 14.3 Å². The molecule has 0 radical (unpaired) electrons. The molecule has 0 bridgehead atoms. The van der Waals surface area contributed by atoms with E-state index >= 15 is 0 Å². The molecular weight excluding hydrogens is 410 g/mol. The molecule has 0 heterocycles. The fourth-order valence-electron chi connectivity index (χ4n) is 4.03. The number of amides is 1. The van der Waals surface area contributed by atoms with Crippen LogP contribution in [-0.2, 0) is 9.53 Å². The van der Waals surface area contributed by atoms with E-state index in [4.69, 9.17) is 4.74 Å². The molecule has 33 heavy (non-hydrogen) atoms. The quantitative estimate of drug-likeness (QED) is 0.147. The fraction of sp³-hybridized carbons (Fsp3) is 0.724. The van der Waals surface area contributed by atoms with E-state index in [1.807, 2.05) is 6.07 Å². The van der Waals surface area contributed by atoms with Crippen LogP contribution < -0.4 is 5.32 Å². The molecule has 1 rings (SSSR count). The van der Waals surface area contributed by atoms with Gasteiger partial charge in [0.1, 0.15) is 0 Å². The summed E-state index contributed by atoms with van der Waals surface area (Å²) in [7, 11) is 0. The average molecular weight is 460 g/mol. The lowest BCUT2D eigenvalue weighted by atomic mass is 10.0. The normalized spacial score (nSPS) is 10.8. The van der Waals surface area contributed by atoms with Crippen molar-refractivity contribution in [2.45, 2.75) is 129 Å². The summed E-state index contributed by atoms with van der Waals surface area (Å²) in [6.07, 6.45) is 22.0. The summed E-state index contributed by atoms with van der Waals surface area (Å²) in [6.45, 7) is 4.74. The summed E-state index contributed by atoms with van der Waals surface area (Å²) < 4.78 is 5.29. The Morgan fingerprint density at radius 3 is 1.70 bits per heavy atom. The van der Waals surface area contributed by atoms with Crippen LogP contribution in [-0.4, -0.2) is 18.5 Å². The Morgan fingerprint density at radius 1 is 0.667 bits per heavy atom. The number of hydrogen-bond donors (Lipinski definition) is 1. The van der Waals surface area contributed by atoms with Crippen molar-refractivity contribution in [1.29, 1.82) is 0 Å². The summed E-state index contributed by atoms with van der Waals surface area (Å²) in [5.41, 5.74) is 0.975. The molecule has 0 saturated carbocycles. The SMILES string of the molecule is CCCCCCCCCCCCCCCCCC(=O)Nc1ccccc1C(=O)OCCCC. The lowest BCUT2D eigenvalue weighted by Crippen LogP contribution is -2.15. The van der Waals surface area contributed by atoms with Gasteiger partial charge in [0.15, 0.2) is 0 Å². The number of nitrogens with one attached hydrogen (secondary N) is 1. The van der Waals surface area contributed by atoms with Gasteiger partial charge < -0.3 is 10.1 Å². The third kappa shape index (κ3) is 15.6. The van der Waals surface area contributed by atoms with Gasteiger partial charge in [0.25, 0.3) is 0 Å². The second kappa shape index (κ2) is 20.7. The zero-order chi connectivity index (χ0) is 24.0. The Hall–Kier alpha value is -1.84. The molecule has 1 N–H and O–H groups in total. The molecule has 0 unspecified atom stereocenters. The molecule has 0 aromatic heterocycles. The Morgan fingerprint density at radius 2 is 1.15 bits per heavy atom. The fourth-order valence-corrected chi connectivity index (χ4v) is 4.03. The number of unbranched alkanes of at least 4 members (excludes halogenated alkanes) is 15. The number of carbonyl (C=O) groups excluding carboxylic acids is 2. The van der Waals surface area contributed by atoms with Gasteiger partial charge in [-0.1, -0.05) is 122 Å². The molecule has 0 atom stereocenters. The topological polar surface area (TPSA) is 55.4 Å². The van der Waals surface area contributed by atoms with Gasteiger partial charge in [-0.05, 0) is 25.0 Å². The number of ether oxygens (including phenoxy) is 1. The smallest absolute Gasteiger partial charge is 0.340 e. The number of esters is 1. The molecule has 1 aromatic carbocycles. The van der Waals surface area contributed by atoms with Crippen LogP contribution in [0.4, 0.5) is 5.69 Å².